The van der Waals surface area contributed by atoms with E-state index in [1.165, 1.54) is 0 Å². The minimum atomic E-state index is -0.133. The summed E-state index contributed by atoms with van der Waals surface area (Å²) in [6.45, 7) is 5.95. The van der Waals surface area contributed by atoms with Crippen LogP contribution in [0.4, 0.5) is 5.82 Å². The van der Waals surface area contributed by atoms with Crippen molar-refractivity contribution in [2.45, 2.75) is 58.3 Å². The van der Waals surface area contributed by atoms with Crippen molar-refractivity contribution in [3.05, 3.63) is 24.4 Å². The molecule has 2 amide bonds. The Morgan fingerprint density at radius 3 is 2.50 bits per heavy atom. The fraction of sp³-hybridized carbons (Fsp3) is 0.682. The van der Waals surface area contributed by atoms with Crippen LogP contribution in [0.2, 0.25) is 0 Å². The fourth-order valence-corrected chi connectivity index (χ4v) is 4.51. The van der Waals surface area contributed by atoms with E-state index in [4.69, 9.17) is 0 Å². The number of hydrogen-bond donors (Lipinski definition) is 1. The number of anilines is 1. The monoisotopic (exact) mass is 386 g/mol. The van der Waals surface area contributed by atoms with Crippen molar-refractivity contribution in [3.63, 3.8) is 0 Å². The van der Waals surface area contributed by atoms with E-state index in [9.17, 15) is 9.59 Å². The topological polar surface area (TPSA) is 65.5 Å². The summed E-state index contributed by atoms with van der Waals surface area (Å²) in [6.07, 6.45) is 9.15. The van der Waals surface area contributed by atoms with Crippen molar-refractivity contribution in [2.75, 3.05) is 37.6 Å². The lowest BCUT2D eigenvalue weighted by Gasteiger charge is -2.37. The second kappa shape index (κ2) is 9.89. The summed E-state index contributed by atoms with van der Waals surface area (Å²) in [5.41, 5.74) is -0.133. The molecule has 1 N–H and O–H groups in total. The maximum Gasteiger partial charge on any atom is 0.223 e. The lowest BCUT2D eigenvalue weighted by molar-refractivity contribution is -0.135. The first kappa shape index (κ1) is 20.6. The Bertz CT molecular complexity index is 635. The number of unbranched alkanes of at least 4 members (excludes halogenated alkanes) is 1. The molecule has 1 aromatic heterocycles. The molecule has 0 bridgehead atoms. The van der Waals surface area contributed by atoms with E-state index in [2.05, 4.69) is 22.1 Å². The largest absolute Gasteiger partial charge is 0.356 e. The van der Waals surface area contributed by atoms with Crippen LogP contribution in [-0.2, 0) is 9.59 Å². The van der Waals surface area contributed by atoms with Gasteiger partial charge in [0.05, 0.1) is 0 Å². The van der Waals surface area contributed by atoms with Gasteiger partial charge in [0, 0.05) is 51.8 Å². The van der Waals surface area contributed by atoms with Crippen LogP contribution in [0.3, 0.4) is 0 Å². The summed E-state index contributed by atoms with van der Waals surface area (Å²) in [4.78, 5) is 34.0. The SMILES string of the molecule is CCCCNC(=O)CC1(CC(=O)N2CCN(c3ccccn3)CC2)CCCC1. The van der Waals surface area contributed by atoms with Crippen LogP contribution in [-0.4, -0.2) is 54.4 Å². The molecule has 2 heterocycles. The van der Waals surface area contributed by atoms with Crippen molar-refractivity contribution >= 4 is 17.6 Å². The third kappa shape index (κ3) is 5.46. The van der Waals surface area contributed by atoms with Crippen molar-refractivity contribution in [1.82, 2.24) is 15.2 Å². The number of piperazine rings is 1. The zero-order chi connectivity index (χ0) is 19.8. The molecule has 154 valence electrons. The van der Waals surface area contributed by atoms with Gasteiger partial charge in [-0.05, 0) is 36.8 Å². The smallest absolute Gasteiger partial charge is 0.223 e. The molecule has 2 aliphatic rings. The van der Waals surface area contributed by atoms with E-state index in [-0.39, 0.29) is 17.2 Å². The van der Waals surface area contributed by atoms with E-state index in [1.807, 2.05) is 29.3 Å². The zero-order valence-corrected chi connectivity index (χ0v) is 17.2. The molecule has 28 heavy (non-hydrogen) atoms. The van der Waals surface area contributed by atoms with E-state index in [1.54, 1.807) is 0 Å². The van der Waals surface area contributed by atoms with E-state index in [0.29, 0.717) is 12.8 Å². The van der Waals surface area contributed by atoms with Crippen LogP contribution >= 0.6 is 0 Å². The number of rotatable bonds is 8. The van der Waals surface area contributed by atoms with Crippen LogP contribution in [0.1, 0.15) is 58.3 Å². The Morgan fingerprint density at radius 1 is 1.11 bits per heavy atom. The molecular weight excluding hydrogens is 352 g/mol. The molecule has 6 heteroatoms. The molecular formula is C22H34N4O2. The standard InChI is InChI=1S/C22H34N4O2/c1-2-3-11-24-20(27)17-22(9-5-6-10-22)18-21(28)26-15-13-25(14-16-26)19-8-4-7-12-23-19/h4,7-8,12H,2-3,5-6,9-11,13-18H2,1H3,(H,24,27). The molecule has 0 radical (unpaired) electrons. The van der Waals surface area contributed by atoms with E-state index in [0.717, 1.165) is 77.1 Å². The maximum atomic E-state index is 13.0. The van der Waals surface area contributed by atoms with Crippen molar-refractivity contribution < 1.29 is 9.59 Å². The van der Waals surface area contributed by atoms with Gasteiger partial charge in [0.15, 0.2) is 0 Å². The predicted molar refractivity (Wildman–Crippen MR) is 111 cm³/mol. The van der Waals surface area contributed by atoms with Gasteiger partial charge in [-0.3, -0.25) is 9.59 Å². The Kier molecular flexibility index (Phi) is 7.29. The van der Waals surface area contributed by atoms with Crippen LogP contribution < -0.4 is 10.2 Å². The average Bonchev–Trinajstić information content (AvgIpc) is 3.16. The van der Waals surface area contributed by atoms with Gasteiger partial charge < -0.3 is 15.1 Å². The third-order valence-corrected chi connectivity index (χ3v) is 6.18. The summed E-state index contributed by atoms with van der Waals surface area (Å²) in [5.74, 6) is 1.30. The van der Waals surface area contributed by atoms with Crippen molar-refractivity contribution in [2.24, 2.45) is 5.41 Å². The van der Waals surface area contributed by atoms with Gasteiger partial charge in [-0.2, -0.15) is 0 Å². The quantitative estimate of drug-likeness (QED) is 0.698. The lowest BCUT2D eigenvalue weighted by Crippen LogP contribution is -2.50. The number of carbonyl (C=O) groups is 2. The molecule has 1 saturated carbocycles. The molecule has 1 aromatic rings. The predicted octanol–water partition coefficient (Wildman–Crippen LogP) is 2.99. The first-order valence-corrected chi connectivity index (χ1v) is 10.8. The molecule has 1 saturated heterocycles. The molecule has 0 unspecified atom stereocenters. The number of hydrogen-bond acceptors (Lipinski definition) is 4. The Hall–Kier alpha value is -2.11. The summed E-state index contributed by atoms with van der Waals surface area (Å²) >= 11 is 0. The third-order valence-electron chi connectivity index (χ3n) is 6.18. The molecule has 0 atom stereocenters. The Labute approximate surface area is 168 Å². The zero-order valence-electron chi connectivity index (χ0n) is 17.2. The van der Waals surface area contributed by atoms with E-state index >= 15 is 0 Å². The van der Waals surface area contributed by atoms with Crippen LogP contribution in [0.5, 0.6) is 0 Å². The number of aromatic nitrogens is 1. The van der Waals surface area contributed by atoms with E-state index < -0.39 is 0 Å². The molecule has 0 spiro atoms. The van der Waals surface area contributed by atoms with Crippen molar-refractivity contribution in [3.8, 4) is 0 Å². The summed E-state index contributed by atoms with van der Waals surface area (Å²) in [7, 11) is 0. The van der Waals surface area contributed by atoms with Gasteiger partial charge in [-0.25, -0.2) is 4.98 Å². The van der Waals surface area contributed by atoms with Gasteiger partial charge in [-0.15, -0.1) is 0 Å². The highest BCUT2D eigenvalue weighted by molar-refractivity contribution is 5.80. The first-order valence-electron chi connectivity index (χ1n) is 10.8. The van der Waals surface area contributed by atoms with Gasteiger partial charge in [0.25, 0.3) is 0 Å². The number of amides is 2. The normalized spacial score (nSPS) is 18.9. The van der Waals surface area contributed by atoms with Crippen molar-refractivity contribution in [1.29, 1.82) is 0 Å². The first-order chi connectivity index (χ1) is 13.6. The number of nitrogens with zero attached hydrogens (tertiary/aromatic N) is 3. The number of carbonyl (C=O) groups excluding carboxylic acids is 2. The molecule has 3 rings (SSSR count). The summed E-state index contributed by atoms with van der Waals surface area (Å²) in [5, 5.41) is 3.03. The van der Waals surface area contributed by atoms with Gasteiger partial charge in [-0.1, -0.05) is 32.3 Å². The summed E-state index contributed by atoms with van der Waals surface area (Å²) in [6, 6.07) is 5.93. The Morgan fingerprint density at radius 2 is 1.86 bits per heavy atom. The molecule has 6 nitrogen and oxygen atoms in total. The summed E-state index contributed by atoms with van der Waals surface area (Å²) < 4.78 is 0. The average molecular weight is 387 g/mol. The van der Waals surface area contributed by atoms with Gasteiger partial charge >= 0.3 is 0 Å². The van der Waals surface area contributed by atoms with Crippen LogP contribution in [0.25, 0.3) is 0 Å². The highest BCUT2D eigenvalue weighted by atomic mass is 16.2. The number of pyridine rings is 1. The fourth-order valence-electron chi connectivity index (χ4n) is 4.51. The second-order valence-corrected chi connectivity index (χ2v) is 8.32. The number of nitrogens with one attached hydrogen (secondary N) is 1. The maximum absolute atomic E-state index is 13.0. The minimum Gasteiger partial charge on any atom is -0.356 e. The second-order valence-electron chi connectivity index (χ2n) is 8.32. The molecule has 2 fully saturated rings. The molecule has 1 aliphatic heterocycles. The highest BCUT2D eigenvalue weighted by Crippen LogP contribution is 2.44. The van der Waals surface area contributed by atoms with Gasteiger partial charge in [0.1, 0.15) is 5.82 Å². The minimum absolute atomic E-state index is 0.114. The van der Waals surface area contributed by atoms with Gasteiger partial charge in [0.2, 0.25) is 11.8 Å². The molecule has 0 aromatic carbocycles. The highest BCUT2D eigenvalue weighted by Gasteiger charge is 2.39. The van der Waals surface area contributed by atoms with Crippen LogP contribution in [0, 0.1) is 5.41 Å². The molecule has 1 aliphatic carbocycles. The lowest BCUT2D eigenvalue weighted by atomic mass is 9.78. The van der Waals surface area contributed by atoms with Crippen LogP contribution in [0.15, 0.2) is 24.4 Å². The Balaban J connectivity index is 1.51.